The Morgan fingerprint density at radius 1 is 1.44 bits per heavy atom. The van der Waals surface area contributed by atoms with Crippen molar-refractivity contribution in [2.24, 2.45) is 0 Å². The number of carbonyl (C=O) groups is 1. The van der Waals surface area contributed by atoms with Gasteiger partial charge in [-0.15, -0.1) is 0 Å². The summed E-state index contributed by atoms with van der Waals surface area (Å²) in [5.74, 6) is 0.762. The fourth-order valence-corrected chi connectivity index (χ4v) is 3.35. The Labute approximate surface area is 160 Å². The molecule has 1 saturated heterocycles. The van der Waals surface area contributed by atoms with E-state index in [2.05, 4.69) is 10.1 Å². The number of fused-ring (bicyclic) bond motifs is 1. The summed E-state index contributed by atoms with van der Waals surface area (Å²) in [5.41, 5.74) is 1.36. The molecule has 8 nitrogen and oxygen atoms in total. The zero-order valence-electron chi connectivity index (χ0n) is 14.9. The fourth-order valence-electron chi connectivity index (χ4n) is 3.17. The van der Waals surface area contributed by atoms with Crippen molar-refractivity contribution >= 4 is 28.5 Å². The maximum Gasteiger partial charge on any atom is 0.290 e. The van der Waals surface area contributed by atoms with E-state index in [9.17, 15) is 4.79 Å². The molecule has 0 N–H and O–H groups in total. The molecule has 3 heterocycles. The van der Waals surface area contributed by atoms with E-state index in [-0.39, 0.29) is 24.9 Å². The number of amides is 1. The van der Waals surface area contributed by atoms with Gasteiger partial charge in [0.15, 0.2) is 11.6 Å². The van der Waals surface area contributed by atoms with Crippen molar-refractivity contribution in [2.45, 2.75) is 19.6 Å². The number of carbonyl (C=O) groups excluding carboxylic acids is 1. The molecule has 3 aromatic rings. The summed E-state index contributed by atoms with van der Waals surface area (Å²) in [7, 11) is 1.54. The number of aromatic nitrogens is 2. The minimum Gasteiger partial charge on any atom is -0.451 e. The van der Waals surface area contributed by atoms with Crippen LogP contribution in [0.25, 0.3) is 11.0 Å². The quantitative estimate of drug-likeness (QED) is 0.674. The van der Waals surface area contributed by atoms with Gasteiger partial charge in [-0.1, -0.05) is 16.8 Å². The van der Waals surface area contributed by atoms with Gasteiger partial charge < -0.3 is 23.3 Å². The summed E-state index contributed by atoms with van der Waals surface area (Å²) in [6, 6.07) is 4.82. The lowest BCUT2D eigenvalue weighted by Gasteiger charge is -2.33. The largest absolute Gasteiger partial charge is 0.451 e. The molecule has 4 rings (SSSR count). The summed E-state index contributed by atoms with van der Waals surface area (Å²) in [6.45, 7) is 3.15. The first kappa shape index (κ1) is 18.0. The van der Waals surface area contributed by atoms with Gasteiger partial charge in [-0.25, -0.2) is 0 Å². The van der Waals surface area contributed by atoms with E-state index in [1.54, 1.807) is 30.2 Å². The molecule has 27 heavy (non-hydrogen) atoms. The van der Waals surface area contributed by atoms with Crippen molar-refractivity contribution in [3.63, 3.8) is 0 Å². The number of morpholine rings is 1. The van der Waals surface area contributed by atoms with Crippen molar-refractivity contribution in [2.75, 3.05) is 26.9 Å². The van der Waals surface area contributed by atoms with Gasteiger partial charge >= 0.3 is 0 Å². The molecule has 0 radical (unpaired) electrons. The maximum atomic E-state index is 13.2. The third-order valence-electron chi connectivity index (χ3n) is 4.53. The lowest BCUT2D eigenvalue weighted by molar-refractivity contribution is -0.00723. The summed E-state index contributed by atoms with van der Waals surface area (Å²) in [5, 5.41) is 5.38. The first-order chi connectivity index (χ1) is 13.1. The van der Waals surface area contributed by atoms with Crippen molar-refractivity contribution in [1.82, 2.24) is 15.0 Å². The van der Waals surface area contributed by atoms with Gasteiger partial charge in [-0.2, -0.15) is 4.98 Å². The zero-order valence-corrected chi connectivity index (χ0v) is 15.7. The second kappa shape index (κ2) is 7.30. The van der Waals surface area contributed by atoms with Crippen LogP contribution in [0.4, 0.5) is 0 Å². The summed E-state index contributed by atoms with van der Waals surface area (Å²) in [4.78, 5) is 19.2. The van der Waals surface area contributed by atoms with Gasteiger partial charge in [0, 0.05) is 29.6 Å². The first-order valence-corrected chi connectivity index (χ1v) is 8.85. The van der Waals surface area contributed by atoms with Crippen LogP contribution in [-0.4, -0.2) is 47.8 Å². The molecular formula is C18H18ClN3O5. The molecule has 1 fully saturated rings. The molecule has 1 atom stereocenters. The lowest BCUT2D eigenvalue weighted by Crippen LogP contribution is -2.44. The monoisotopic (exact) mass is 391 g/mol. The number of rotatable bonds is 4. The highest BCUT2D eigenvalue weighted by Gasteiger charge is 2.35. The second-order valence-electron chi connectivity index (χ2n) is 6.27. The van der Waals surface area contributed by atoms with Crippen LogP contribution in [0, 0.1) is 6.92 Å². The van der Waals surface area contributed by atoms with Gasteiger partial charge in [0.05, 0.1) is 13.2 Å². The van der Waals surface area contributed by atoms with Gasteiger partial charge in [0.25, 0.3) is 11.8 Å². The molecule has 0 saturated carbocycles. The van der Waals surface area contributed by atoms with Crippen LogP contribution in [0.15, 0.2) is 27.1 Å². The molecule has 1 unspecified atom stereocenters. The molecule has 1 aromatic carbocycles. The number of halogens is 1. The number of hydrogen-bond donors (Lipinski definition) is 0. The topological polar surface area (TPSA) is 90.8 Å². The number of ether oxygens (including phenoxy) is 2. The average Bonchev–Trinajstić information content (AvgIpc) is 3.27. The van der Waals surface area contributed by atoms with Crippen molar-refractivity contribution in [1.29, 1.82) is 0 Å². The van der Waals surface area contributed by atoms with Crippen LogP contribution in [0.1, 0.15) is 33.9 Å². The Kier molecular flexibility index (Phi) is 4.86. The Morgan fingerprint density at radius 3 is 3.11 bits per heavy atom. The van der Waals surface area contributed by atoms with Gasteiger partial charge in [-0.3, -0.25) is 4.79 Å². The molecule has 1 aliphatic heterocycles. The fraction of sp³-hybridized carbons (Fsp3) is 0.389. The molecule has 142 valence electrons. The van der Waals surface area contributed by atoms with Crippen LogP contribution >= 0.6 is 11.6 Å². The number of aryl methyl sites for hydroxylation is 1. The molecular weight excluding hydrogens is 374 g/mol. The van der Waals surface area contributed by atoms with Crippen molar-refractivity contribution in [3.05, 3.63) is 46.3 Å². The van der Waals surface area contributed by atoms with E-state index >= 15 is 0 Å². The first-order valence-electron chi connectivity index (χ1n) is 8.47. The lowest BCUT2D eigenvalue weighted by atomic mass is 10.1. The number of nitrogens with zero attached hydrogens (tertiary/aromatic N) is 3. The van der Waals surface area contributed by atoms with Crippen LogP contribution in [0.3, 0.4) is 0 Å². The average molecular weight is 392 g/mol. The highest BCUT2D eigenvalue weighted by Crippen LogP contribution is 2.31. The van der Waals surface area contributed by atoms with E-state index < -0.39 is 6.04 Å². The molecule has 2 aromatic heterocycles. The molecule has 0 spiro atoms. The summed E-state index contributed by atoms with van der Waals surface area (Å²) >= 11 is 6.07. The van der Waals surface area contributed by atoms with E-state index in [0.717, 1.165) is 10.9 Å². The number of furan rings is 1. The van der Waals surface area contributed by atoms with Gasteiger partial charge in [-0.05, 0) is 25.1 Å². The Hall–Kier alpha value is -2.42. The minimum absolute atomic E-state index is 0.206. The van der Waals surface area contributed by atoms with E-state index in [1.807, 2.05) is 6.92 Å². The van der Waals surface area contributed by atoms with Crippen molar-refractivity contribution in [3.8, 4) is 0 Å². The second-order valence-corrected chi connectivity index (χ2v) is 6.70. The van der Waals surface area contributed by atoms with E-state index in [1.165, 1.54) is 0 Å². The predicted molar refractivity (Wildman–Crippen MR) is 95.6 cm³/mol. The summed E-state index contributed by atoms with van der Waals surface area (Å²) in [6.07, 6.45) is 0. The Morgan fingerprint density at radius 2 is 2.30 bits per heavy atom. The van der Waals surface area contributed by atoms with Crippen LogP contribution < -0.4 is 0 Å². The number of hydrogen-bond acceptors (Lipinski definition) is 7. The zero-order chi connectivity index (χ0) is 19.0. The third-order valence-corrected chi connectivity index (χ3v) is 4.77. The van der Waals surface area contributed by atoms with Crippen LogP contribution in [0.5, 0.6) is 0 Å². The highest BCUT2D eigenvalue weighted by molar-refractivity contribution is 6.31. The van der Waals surface area contributed by atoms with Crippen LogP contribution in [0.2, 0.25) is 5.02 Å². The van der Waals surface area contributed by atoms with Gasteiger partial charge in [0.2, 0.25) is 0 Å². The third kappa shape index (κ3) is 3.31. The van der Waals surface area contributed by atoms with E-state index in [0.29, 0.717) is 35.5 Å². The smallest absolute Gasteiger partial charge is 0.290 e. The summed E-state index contributed by atoms with van der Waals surface area (Å²) < 4.78 is 21.5. The molecule has 1 amide bonds. The predicted octanol–water partition coefficient (Wildman–Crippen LogP) is 3.14. The molecule has 0 bridgehead atoms. The Balaban J connectivity index is 1.67. The SMILES string of the molecule is COCc1nc(C2COCCN2C(=O)c2oc3ccc(Cl)cc3c2C)no1. The standard InChI is InChI=1S/C18H18ClN3O5/c1-10-12-7-11(19)3-4-14(12)26-16(10)18(23)22-5-6-25-8-13(22)17-20-15(9-24-2)27-21-17/h3-4,7,13H,5-6,8-9H2,1-2H3. The van der Waals surface area contributed by atoms with Gasteiger partial charge in [0.1, 0.15) is 18.2 Å². The molecule has 9 heteroatoms. The number of methoxy groups -OCH3 is 1. The molecule has 0 aliphatic carbocycles. The Bertz CT molecular complexity index is 983. The number of benzene rings is 1. The minimum atomic E-state index is -0.461. The van der Waals surface area contributed by atoms with Crippen LogP contribution in [-0.2, 0) is 16.1 Å². The maximum absolute atomic E-state index is 13.2. The highest BCUT2D eigenvalue weighted by atomic mass is 35.5. The van der Waals surface area contributed by atoms with E-state index in [4.69, 9.17) is 30.0 Å². The van der Waals surface area contributed by atoms with Crippen molar-refractivity contribution < 1.29 is 23.2 Å². The normalized spacial score (nSPS) is 17.6. The molecule has 1 aliphatic rings.